The molecule has 0 bridgehead atoms. The molecule has 122 valence electrons. The van der Waals surface area contributed by atoms with Crippen LogP contribution in [-0.4, -0.2) is 26.6 Å². The fraction of sp³-hybridized carbons (Fsp3) is 0.176. The maximum Gasteiger partial charge on any atom is 0.283 e. The van der Waals surface area contributed by atoms with Crippen LogP contribution in [0.15, 0.2) is 47.7 Å². The van der Waals surface area contributed by atoms with Gasteiger partial charge in [0.25, 0.3) is 5.91 Å². The first-order valence-corrected chi connectivity index (χ1v) is 7.55. The van der Waals surface area contributed by atoms with Crippen LogP contribution in [0.2, 0.25) is 0 Å². The molecule has 0 unspecified atom stereocenters. The fourth-order valence-corrected chi connectivity index (χ4v) is 2.71. The number of hydrogen-bond donors (Lipinski definition) is 2. The Morgan fingerprint density at radius 2 is 1.96 bits per heavy atom. The fourth-order valence-electron chi connectivity index (χ4n) is 2.71. The summed E-state index contributed by atoms with van der Waals surface area (Å²) in [7, 11) is 0. The number of nitrogens with zero attached hydrogens (tertiary/aromatic N) is 4. The van der Waals surface area contributed by atoms with Gasteiger partial charge < -0.3 is 11.5 Å². The highest BCUT2D eigenvalue weighted by Gasteiger charge is 2.21. The zero-order valence-corrected chi connectivity index (χ0v) is 13.5. The molecule has 0 aliphatic carbocycles. The van der Waals surface area contributed by atoms with Crippen molar-refractivity contribution in [3.8, 4) is 5.69 Å². The van der Waals surface area contributed by atoms with Crippen LogP contribution in [0.4, 0.5) is 0 Å². The molecule has 2 heterocycles. The van der Waals surface area contributed by atoms with E-state index in [0.717, 1.165) is 22.3 Å². The zero-order chi connectivity index (χ0) is 17.3. The number of guanidine groups is 1. The van der Waals surface area contributed by atoms with Crippen molar-refractivity contribution in [1.29, 1.82) is 0 Å². The van der Waals surface area contributed by atoms with Crippen molar-refractivity contribution in [2.75, 3.05) is 0 Å². The largest absolute Gasteiger partial charge is 0.370 e. The van der Waals surface area contributed by atoms with Gasteiger partial charge in [-0.2, -0.15) is 10.1 Å². The van der Waals surface area contributed by atoms with Crippen LogP contribution in [0, 0.1) is 0 Å². The first-order valence-electron chi connectivity index (χ1n) is 7.55. The zero-order valence-electron chi connectivity index (χ0n) is 13.5. The van der Waals surface area contributed by atoms with Gasteiger partial charge in [-0.05, 0) is 18.1 Å². The van der Waals surface area contributed by atoms with Crippen LogP contribution < -0.4 is 11.5 Å². The maximum absolute atomic E-state index is 12.3. The number of pyridine rings is 1. The van der Waals surface area contributed by atoms with E-state index < -0.39 is 5.91 Å². The summed E-state index contributed by atoms with van der Waals surface area (Å²) in [6.07, 6.45) is 3.22. The van der Waals surface area contributed by atoms with Crippen molar-refractivity contribution in [2.45, 2.75) is 19.8 Å². The number of benzene rings is 1. The van der Waals surface area contributed by atoms with Gasteiger partial charge in [0.1, 0.15) is 0 Å². The second-order valence-corrected chi connectivity index (χ2v) is 5.70. The molecule has 7 heteroatoms. The highest BCUT2D eigenvalue weighted by atomic mass is 16.1. The van der Waals surface area contributed by atoms with E-state index in [2.05, 4.69) is 15.1 Å². The minimum absolute atomic E-state index is 0.0413. The van der Waals surface area contributed by atoms with Gasteiger partial charge in [0.05, 0.1) is 28.7 Å². The Morgan fingerprint density at radius 1 is 1.21 bits per heavy atom. The molecule has 7 nitrogen and oxygen atoms in total. The Hall–Kier alpha value is -3.22. The monoisotopic (exact) mass is 322 g/mol. The molecule has 0 saturated heterocycles. The molecule has 0 saturated carbocycles. The van der Waals surface area contributed by atoms with Gasteiger partial charge in [0.2, 0.25) is 0 Å². The molecule has 0 aliphatic rings. The summed E-state index contributed by atoms with van der Waals surface area (Å²) in [5, 5.41) is 5.39. The average molecular weight is 322 g/mol. The molecule has 0 spiro atoms. The van der Waals surface area contributed by atoms with E-state index in [9.17, 15) is 4.79 Å². The van der Waals surface area contributed by atoms with Gasteiger partial charge in [0.15, 0.2) is 5.96 Å². The van der Waals surface area contributed by atoms with E-state index in [4.69, 9.17) is 11.5 Å². The van der Waals surface area contributed by atoms with Gasteiger partial charge in [-0.1, -0.05) is 32.0 Å². The standard InChI is InChI=1S/C17H18N6O/c1-10(2)15-12(16(24)22-17(18)19)9-21-23(15)13-7-3-5-11-6-4-8-20-14(11)13/h3-10H,1-2H3,(H4,18,19,22,24). The van der Waals surface area contributed by atoms with E-state index in [0.29, 0.717) is 5.56 Å². The third-order valence-electron chi connectivity index (χ3n) is 3.65. The molecule has 4 N–H and O–H groups in total. The number of carbonyl (C=O) groups is 1. The molecule has 24 heavy (non-hydrogen) atoms. The number of hydrogen-bond acceptors (Lipinski definition) is 3. The van der Waals surface area contributed by atoms with E-state index in [1.54, 1.807) is 10.9 Å². The van der Waals surface area contributed by atoms with Crippen LogP contribution in [0.3, 0.4) is 0 Å². The van der Waals surface area contributed by atoms with E-state index in [-0.39, 0.29) is 11.9 Å². The normalized spacial score (nSPS) is 11.0. The molecule has 0 radical (unpaired) electrons. The Bertz CT molecular complexity index is 932. The molecule has 1 aromatic carbocycles. The second-order valence-electron chi connectivity index (χ2n) is 5.70. The molecular formula is C17H18N6O. The summed E-state index contributed by atoms with van der Waals surface area (Å²) in [6, 6.07) is 9.70. The van der Waals surface area contributed by atoms with Crippen LogP contribution in [0.1, 0.15) is 35.8 Å². The predicted molar refractivity (Wildman–Crippen MR) is 93.1 cm³/mol. The summed E-state index contributed by atoms with van der Waals surface area (Å²) >= 11 is 0. The summed E-state index contributed by atoms with van der Waals surface area (Å²) < 4.78 is 1.73. The number of rotatable bonds is 3. The highest BCUT2D eigenvalue weighted by Crippen LogP contribution is 2.27. The maximum atomic E-state index is 12.3. The molecule has 2 aromatic heterocycles. The van der Waals surface area contributed by atoms with Crippen molar-refractivity contribution >= 4 is 22.8 Å². The van der Waals surface area contributed by atoms with Crippen molar-refractivity contribution in [3.05, 3.63) is 54.0 Å². The molecular weight excluding hydrogens is 304 g/mol. The SMILES string of the molecule is CC(C)c1c(C(=O)N=C(N)N)cnn1-c1cccc2cccnc12. The lowest BCUT2D eigenvalue weighted by Crippen LogP contribution is -2.24. The quantitative estimate of drug-likeness (QED) is 0.565. The minimum Gasteiger partial charge on any atom is -0.370 e. The summed E-state index contributed by atoms with van der Waals surface area (Å²) in [6.45, 7) is 3.97. The van der Waals surface area contributed by atoms with Crippen molar-refractivity contribution in [1.82, 2.24) is 14.8 Å². The number of fused-ring (bicyclic) bond motifs is 1. The van der Waals surface area contributed by atoms with Gasteiger partial charge >= 0.3 is 0 Å². The number of para-hydroxylation sites is 1. The number of amides is 1. The van der Waals surface area contributed by atoms with Gasteiger partial charge in [-0.15, -0.1) is 0 Å². The third kappa shape index (κ3) is 2.71. The molecule has 0 fully saturated rings. The second kappa shape index (κ2) is 6.11. The lowest BCUT2D eigenvalue weighted by molar-refractivity contribution is 0.100. The number of aliphatic imine (C=N–C) groups is 1. The average Bonchev–Trinajstić information content (AvgIpc) is 2.99. The van der Waals surface area contributed by atoms with Gasteiger partial charge in [-0.25, -0.2) is 4.68 Å². The lowest BCUT2D eigenvalue weighted by Gasteiger charge is -2.13. The smallest absolute Gasteiger partial charge is 0.283 e. The van der Waals surface area contributed by atoms with Crippen molar-refractivity contribution in [3.63, 3.8) is 0 Å². The van der Waals surface area contributed by atoms with Crippen LogP contribution in [0.25, 0.3) is 16.6 Å². The van der Waals surface area contributed by atoms with Crippen LogP contribution in [0.5, 0.6) is 0 Å². The Kier molecular flexibility index (Phi) is 3.99. The molecule has 3 aromatic rings. The molecule has 1 amide bonds. The third-order valence-corrected chi connectivity index (χ3v) is 3.65. The van der Waals surface area contributed by atoms with Gasteiger partial charge in [0, 0.05) is 11.6 Å². The Morgan fingerprint density at radius 3 is 2.67 bits per heavy atom. The van der Waals surface area contributed by atoms with Crippen molar-refractivity contribution < 1.29 is 4.79 Å². The molecule has 3 rings (SSSR count). The molecule has 0 aliphatic heterocycles. The Labute approximate surface area is 139 Å². The lowest BCUT2D eigenvalue weighted by atomic mass is 10.0. The minimum atomic E-state index is -0.502. The predicted octanol–water partition coefficient (Wildman–Crippen LogP) is 1.96. The van der Waals surface area contributed by atoms with E-state index in [1.807, 2.05) is 44.2 Å². The van der Waals surface area contributed by atoms with Crippen LogP contribution >= 0.6 is 0 Å². The first-order chi connectivity index (χ1) is 11.5. The summed E-state index contributed by atoms with van der Waals surface area (Å²) in [5.41, 5.74) is 13.4. The number of carbonyl (C=O) groups excluding carboxylic acids is 1. The van der Waals surface area contributed by atoms with Crippen LogP contribution in [-0.2, 0) is 0 Å². The summed E-state index contributed by atoms with van der Waals surface area (Å²) in [4.78, 5) is 20.3. The topological polar surface area (TPSA) is 112 Å². The van der Waals surface area contributed by atoms with Gasteiger partial charge in [-0.3, -0.25) is 9.78 Å². The highest BCUT2D eigenvalue weighted by molar-refractivity contribution is 6.02. The van der Waals surface area contributed by atoms with Crippen molar-refractivity contribution in [2.24, 2.45) is 16.5 Å². The summed E-state index contributed by atoms with van der Waals surface area (Å²) in [5.74, 6) is -0.730. The van der Waals surface area contributed by atoms with E-state index >= 15 is 0 Å². The number of nitrogens with two attached hydrogens (primary N) is 2. The first kappa shape index (κ1) is 15.7. The van der Waals surface area contributed by atoms with E-state index in [1.165, 1.54) is 6.20 Å². The molecule has 0 atom stereocenters. The Balaban J connectivity index is 2.23. The number of aromatic nitrogens is 3.